The highest BCUT2D eigenvalue weighted by molar-refractivity contribution is 7.86. The molecule has 0 saturated heterocycles. The van der Waals surface area contributed by atoms with E-state index in [1.807, 2.05) is 0 Å². The number of aromatic hydroxyl groups is 2. The van der Waals surface area contributed by atoms with Crippen LogP contribution < -0.4 is 0 Å². The van der Waals surface area contributed by atoms with Crippen LogP contribution in [0.25, 0.3) is 10.8 Å². The van der Waals surface area contributed by atoms with E-state index < -0.39 is 41.5 Å². The lowest BCUT2D eigenvalue weighted by Crippen LogP contribution is -2.00. The first-order valence-electron chi connectivity index (χ1n) is 4.95. The molecule has 10 heteroatoms. The van der Waals surface area contributed by atoms with Gasteiger partial charge in [-0.05, 0) is 12.1 Å². The summed E-state index contributed by atoms with van der Waals surface area (Å²) in [6.07, 6.45) is 0. The van der Waals surface area contributed by atoms with Crippen LogP contribution in [0.1, 0.15) is 0 Å². The Balaban J connectivity index is 2.93. The molecule has 0 amide bonds. The number of hydrogen-bond acceptors (Lipinski definition) is 6. The largest absolute Gasteiger partial charge is 0.507 e. The van der Waals surface area contributed by atoms with Crippen molar-refractivity contribution in [1.82, 2.24) is 0 Å². The van der Waals surface area contributed by atoms with Crippen LogP contribution >= 0.6 is 0 Å². The summed E-state index contributed by atoms with van der Waals surface area (Å²) in [5, 5.41) is 18.9. The summed E-state index contributed by atoms with van der Waals surface area (Å²) < 4.78 is 61.8. The molecule has 0 aliphatic heterocycles. The van der Waals surface area contributed by atoms with E-state index in [4.69, 9.17) is 9.11 Å². The Labute approximate surface area is 113 Å². The van der Waals surface area contributed by atoms with E-state index in [1.54, 1.807) is 0 Å². The fourth-order valence-electron chi connectivity index (χ4n) is 1.67. The van der Waals surface area contributed by atoms with E-state index in [9.17, 15) is 27.0 Å². The first-order chi connectivity index (χ1) is 9.00. The molecule has 108 valence electrons. The van der Waals surface area contributed by atoms with Gasteiger partial charge >= 0.3 is 0 Å². The van der Waals surface area contributed by atoms with Crippen LogP contribution in [0.5, 0.6) is 11.5 Å². The molecule has 2 aromatic rings. The Kier molecular flexibility index (Phi) is 3.13. The van der Waals surface area contributed by atoms with Crippen LogP contribution in [-0.4, -0.2) is 36.2 Å². The van der Waals surface area contributed by atoms with Crippen molar-refractivity contribution in [1.29, 1.82) is 0 Å². The van der Waals surface area contributed by atoms with Gasteiger partial charge in [-0.15, -0.1) is 0 Å². The van der Waals surface area contributed by atoms with Crippen molar-refractivity contribution < 1.29 is 36.2 Å². The van der Waals surface area contributed by atoms with Gasteiger partial charge < -0.3 is 10.2 Å². The van der Waals surface area contributed by atoms with E-state index >= 15 is 0 Å². The zero-order chi connectivity index (χ0) is 15.3. The summed E-state index contributed by atoms with van der Waals surface area (Å²) in [6.45, 7) is 0. The average molecular weight is 320 g/mol. The Morgan fingerprint density at radius 2 is 0.950 bits per heavy atom. The average Bonchev–Trinajstić information content (AvgIpc) is 2.27. The van der Waals surface area contributed by atoms with Gasteiger partial charge in [-0.3, -0.25) is 9.11 Å². The Morgan fingerprint density at radius 3 is 1.20 bits per heavy atom. The minimum atomic E-state index is -4.61. The molecule has 2 aromatic carbocycles. The quantitative estimate of drug-likeness (QED) is 0.592. The maximum absolute atomic E-state index is 11.0. The maximum atomic E-state index is 11.0. The third-order valence-corrected chi connectivity index (χ3v) is 4.23. The molecule has 2 rings (SSSR count). The predicted molar refractivity (Wildman–Crippen MR) is 66.9 cm³/mol. The zero-order valence-electron chi connectivity index (χ0n) is 9.55. The van der Waals surface area contributed by atoms with Crippen LogP contribution in [0.15, 0.2) is 34.1 Å². The molecule has 0 bridgehead atoms. The number of phenols is 2. The lowest BCUT2D eigenvalue weighted by molar-refractivity contribution is 0.464. The fraction of sp³-hybridized carbons (Fsp3) is 0. The second-order valence-electron chi connectivity index (χ2n) is 3.93. The normalized spacial score (nSPS) is 12.7. The van der Waals surface area contributed by atoms with E-state index in [2.05, 4.69) is 0 Å². The molecule has 0 unspecified atom stereocenters. The molecule has 0 spiro atoms. The lowest BCUT2D eigenvalue weighted by Gasteiger charge is -2.08. The van der Waals surface area contributed by atoms with Crippen molar-refractivity contribution in [3.05, 3.63) is 24.3 Å². The first-order valence-corrected chi connectivity index (χ1v) is 7.83. The smallest absolute Gasteiger partial charge is 0.294 e. The number of benzene rings is 2. The fourth-order valence-corrected chi connectivity index (χ4v) is 2.72. The summed E-state index contributed by atoms with van der Waals surface area (Å²) >= 11 is 0. The second-order valence-corrected chi connectivity index (χ2v) is 6.77. The Morgan fingerprint density at radius 1 is 0.650 bits per heavy atom. The summed E-state index contributed by atoms with van der Waals surface area (Å²) in [4.78, 5) is -1.34. The van der Waals surface area contributed by atoms with Gasteiger partial charge in [-0.1, -0.05) is 0 Å². The Bertz CT molecular complexity index is 835. The zero-order valence-corrected chi connectivity index (χ0v) is 11.2. The van der Waals surface area contributed by atoms with Crippen molar-refractivity contribution in [2.75, 3.05) is 0 Å². The van der Waals surface area contributed by atoms with Gasteiger partial charge in [0.2, 0.25) is 0 Å². The minimum Gasteiger partial charge on any atom is -0.507 e. The molecule has 0 heterocycles. The Hall–Kier alpha value is -1.88. The van der Waals surface area contributed by atoms with E-state index in [-0.39, 0.29) is 10.8 Å². The third kappa shape index (κ3) is 2.54. The third-order valence-electron chi connectivity index (χ3n) is 2.57. The van der Waals surface area contributed by atoms with Crippen molar-refractivity contribution in [2.24, 2.45) is 0 Å². The topological polar surface area (TPSA) is 149 Å². The highest BCUT2D eigenvalue weighted by atomic mass is 32.2. The first kappa shape index (κ1) is 14.5. The van der Waals surface area contributed by atoms with E-state index in [0.29, 0.717) is 12.1 Å². The molecular weight excluding hydrogens is 312 g/mol. The van der Waals surface area contributed by atoms with Crippen LogP contribution in [0.2, 0.25) is 0 Å². The summed E-state index contributed by atoms with van der Waals surface area (Å²) in [5.41, 5.74) is 0. The molecule has 0 atom stereocenters. The molecule has 20 heavy (non-hydrogen) atoms. The van der Waals surface area contributed by atoms with Crippen LogP contribution in [0, 0.1) is 0 Å². The van der Waals surface area contributed by atoms with Crippen LogP contribution in [-0.2, 0) is 20.2 Å². The number of fused-ring (bicyclic) bond motifs is 1. The van der Waals surface area contributed by atoms with Crippen LogP contribution in [0.4, 0.5) is 0 Å². The molecule has 0 saturated carbocycles. The van der Waals surface area contributed by atoms with Crippen molar-refractivity contribution >= 4 is 31.0 Å². The standard InChI is InChI=1S/C10H8O8S2/c11-9-4-6(20(16,17)18)2-8-7(9)1-5(3-10(8)12)19(13,14)15/h1-4,11-12H,(H,13,14,15)(H,16,17,18). The van der Waals surface area contributed by atoms with E-state index in [0.717, 1.165) is 12.1 Å². The molecule has 0 fully saturated rings. The maximum Gasteiger partial charge on any atom is 0.294 e. The number of phenolic OH excluding ortho intramolecular Hbond substituents is 2. The van der Waals surface area contributed by atoms with Crippen LogP contribution in [0.3, 0.4) is 0 Å². The lowest BCUT2D eigenvalue weighted by atomic mass is 10.1. The molecular formula is C10H8O8S2. The molecule has 4 N–H and O–H groups in total. The monoisotopic (exact) mass is 320 g/mol. The SMILES string of the molecule is O=S(=O)(O)c1cc(O)c2cc(S(=O)(=O)O)cc(O)c2c1. The van der Waals surface area contributed by atoms with Gasteiger partial charge in [0.15, 0.2) is 0 Å². The van der Waals surface area contributed by atoms with Gasteiger partial charge in [0.1, 0.15) is 11.5 Å². The minimum absolute atomic E-state index is 0.204. The number of hydrogen-bond donors (Lipinski definition) is 4. The van der Waals surface area contributed by atoms with E-state index in [1.165, 1.54) is 0 Å². The second kappa shape index (κ2) is 4.31. The van der Waals surface area contributed by atoms with Gasteiger partial charge in [-0.25, -0.2) is 0 Å². The molecule has 0 aliphatic rings. The van der Waals surface area contributed by atoms with Crippen molar-refractivity contribution in [3.63, 3.8) is 0 Å². The van der Waals surface area contributed by atoms with Gasteiger partial charge in [0.25, 0.3) is 20.2 Å². The van der Waals surface area contributed by atoms with Crippen molar-refractivity contribution in [2.45, 2.75) is 9.79 Å². The number of rotatable bonds is 2. The molecule has 0 radical (unpaired) electrons. The molecule has 0 aliphatic carbocycles. The summed E-state index contributed by atoms with van der Waals surface area (Å²) in [7, 11) is -9.22. The molecule has 0 aromatic heterocycles. The summed E-state index contributed by atoms with van der Waals surface area (Å²) in [5.74, 6) is -1.37. The predicted octanol–water partition coefficient (Wildman–Crippen LogP) is 0.744. The van der Waals surface area contributed by atoms with Crippen molar-refractivity contribution in [3.8, 4) is 11.5 Å². The summed E-state index contributed by atoms with van der Waals surface area (Å²) in [6, 6.07) is 3.08. The molecule has 8 nitrogen and oxygen atoms in total. The van der Waals surface area contributed by atoms with Gasteiger partial charge in [-0.2, -0.15) is 16.8 Å². The highest BCUT2D eigenvalue weighted by Crippen LogP contribution is 2.36. The van der Waals surface area contributed by atoms with Gasteiger partial charge in [0.05, 0.1) is 9.79 Å². The van der Waals surface area contributed by atoms with Gasteiger partial charge in [0, 0.05) is 22.9 Å². The highest BCUT2D eigenvalue weighted by Gasteiger charge is 2.19.